The van der Waals surface area contributed by atoms with Gasteiger partial charge in [0, 0.05) is 7.11 Å². The van der Waals surface area contributed by atoms with Crippen molar-refractivity contribution in [2.75, 3.05) is 13.7 Å². The van der Waals surface area contributed by atoms with Crippen LogP contribution < -0.4 is 0 Å². The van der Waals surface area contributed by atoms with Crippen LogP contribution in [0.4, 0.5) is 0 Å². The first kappa shape index (κ1) is 12.8. The second kappa shape index (κ2) is 4.56. The number of rotatable bonds is 3. The van der Waals surface area contributed by atoms with Gasteiger partial charge in [0.1, 0.15) is 0 Å². The third-order valence-electron chi connectivity index (χ3n) is 2.92. The molecule has 0 bridgehead atoms. The van der Waals surface area contributed by atoms with Crippen LogP contribution >= 0.6 is 12.2 Å². The van der Waals surface area contributed by atoms with Crippen molar-refractivity contribution in [3.63, 3.8) is 0 Å². The Kier molecular flexibility index (Phi) is 3.24. The molecule has 2 aromatic rings. The Balaban J connectivity index is 2.74. The van der Waals surface area contributed by atoms with Gasteiger partial charge in [0.05, 0.1) is 34.8 Å². The van der Waals surface area contributed by atoms with E-state index in [2.05, 4.69) is 24.9 Å². The summed E-state index contributed by atoms with van der Waals surface area (Å²) in [5, 5.41) is 8.98. The lowest BCUT2D eigenvalue weighted by molar-refractivity contribution is 0.111. The number of nitriles is 1. The Labute approximate surface area is 111 Å². The molecule has 18 heavy (non-hydrogen) atoms. The minimum Gasteiger partial charge on any atom is -0.382 e. The first-order valence-corrected chi connectivity index (χ1v) is 6.05. The fourth-order valence-corrected chi connectivity index (χ4v) is 2.65. The van der Waals surface area contributed by atoms with E-state index in [1.165, 1.54) is 0 Å². The van der Waals surface area contributed by atoms with Gasteiger partial charge in [-0.05, 0) is 44.3 Å². The molecule has 0 saturated carbocycles. The van der Waals surface area contributed by atoms with E-state index in [0.717, 1.165) is 11.0 Å². The predicted octanol–water partition coefficient (Wildman–Crippen LogP) is 2.95. The normalized spacial score (nSPS) is 11.7. The summed E-state index contributed by atoms with van der Waals surface area (Å²) in [6.45, 7) is 4.66. The number of ether oxygens (including phenoxy) is 1. The van der Waals surface area contributed by atoms with Gasteiger partial charge in [0.25, 0.3) is 0 Å². The first-order chi connectivity index (χ1) is 8.49. The Bertz CT molecular complexity index is 676. The number of fused-ring (bicyclic) bond motifs is 1. The summed E-state index contributed by atoms with van der Waals surface area (Å²) in [5.41, 5.74) is 2.22. The van der Waals surface area contributed by atoms with Gasteiger partial charge in [0.2, 0.25) is 0 Å². The molecule has 5 heteroatoms. The minimum atomic E-state index is -0.266. The lowest BCUT2D eigenvalue weighted by Crippen LogP contribution is -2.31. The van der Waals surface area contributed by atoms with Gasteiger partial charge in [-0.3, -0.25) is 0 Å². The Morgan fingerprint density at radius 2 is 2.22 bits per heavy atom. The molecule has 0 unspecified atom stereocenters. The molecule has 0 saturated heterocycles. The van der Waals surface area contributed by atoms with Crippen LogP contribution in [-0.2, 0) is 10.3 Å². The Morgan fingerprint density at radius 1 is 1.50 bits per heavy atom. The van der Waals surface area contributed by atoms with Gasteiger partial charge < -0.3 is 14.3 Å². The number of hydrogen-bond acceptors (Lipinski definition) is 3. The molecule has 0 aliphatic carbocycles. The largest absolute Gasteiger partial charge is 0.382 e. The molecule has 0 fully saturated rings. The second-order valence-corrected chi connectivity index (χ2v) is 5.24. The Morgan fingerprint density at radius 3 is 2.83 bits per heavy atom. The van der Waals surface area contributed by atoms with Crippen molar-refractivity contribution in [2.45, 2.75) is 19.4 Å². The average molecular weight is 261 g/mol. The molecule has 1 aromatic carbocycles. The van der Waals surface area contributed by atoms with Gasteiger partial charge in [-0.2, -0.15) is 5.26 Å². The molecule has 0 radical (unpaired) electrons. The molecule has 0 amide bonds. The molecule has 1 N–H and O–H groups in total. The maximum atomic E-state index is 8.98. The van der Waals surface area contributed by atoms with Gasteiger partial charge in [0.15, 0.2) is 4.77 Å². The third-order valence-corrected chi connectivity index (χ3v) is 3.20. The molecule has 0 aliphatic rings. The van der Waals surface area contributed by atoms with Crippen LogP contribution in [0.3, 0.4) is 0 Å². The molecule has 0 atom stereocenters. The SMILES string of the molecule is COCC(C)(C)n1c(=S)[nH]c2ccc(C#N)cc21. The van der Waals surface area contributed by atoms with Crippen LogP contribution in [0.15, 0.2) is 18.2 Å². The van der Waals surface area contributed by atoms with E-state index >= 15 is 0 Å². The predicted molar refractivity (Wildman–Crippen MR) is 73.0 cm³/mol. The highest BCUT2D eigenvalue weighted by molar-refractivity contribution is 7.71. The second-order valence-electron chi connectivity index (χ2n) is 4.85. The maximum Gasteiger partial charge on any atom is 0.178 e. The van der Waals surface area contributed by atoms with Gasteiger partial charge in [-0.25, -0.2) is 0 Å². The maximum absolute atomic E-state index is 8.98. The average Bonchev–Trinajstić information content (AvgIpc) is 2.64. The summed E-state index contributed by atoms with van der Waals surface area (Å²) in [6, 6.07) is 7.65. The number of aromatic nitrogens is 2. The van der Waals surface area contributed by atoms with Crippen molar-refractivity contribution in [3.05, 3.63) is 28.5 Å². The number of benzene rings is 1. The fraction of sp³-hybridized carbons (Fsp3) is 0.385. The van der Waals surface area contributed by atoms with E-state index in [-0.39, 0.29) is 5.54 Å². The summed E-state index contributed by atoms with van der Waals surface area (Å²) >= 11 is 5.36. The van der Waals surface area contributed by atoms with Gasteiger partial charge >= 0.3 is 0 Å². The van der Waals surface area contributed by atoms with Crippen molar-refractivity contribution in [3.8, 4) is 6.07 Å². The summed E-state index contributed by atoms with van der Waals surface area (Å²) < 4.78 is 7.89. The van der Waals surface area contributed by atoms with Gasteiger partial charge in [-0.15, -0.1) is 0 Å². The number of hydrogen-bond donors (Lipinski definition) is 1. The van der Waals surface area contributed by atoms with Crippen LogP contribution in [0, 0.1) is 16.1 Å². The van der Waals surface area contributed by atoms with E-state index in [1.54, 1.807) is 13.2 Å². The van der Waals surface area contributed by atoms with Crippen LogP contribution in [0.25, 0.3) is 11.0 Å². The van der Waals surface area contributed by atoms with Crippen molar-refractivity contribution < 1.29 is 4.74 Å². The van der Waals surface area contributed by atoms with Crippen LogP contribution in [0.2, 0.25) is 0 Å². The first-order valence-electron chi connectivity index (χ1n) is 5.64. The van der Waals surface area contributed by atoms with Crippen LogP contribution in [-0.4, -0.2) is 23.3 Å². The molecular weight excluding hydrogens is 246 g/mol. The number of nitrogens with zero attached hydrogens (tertiary/aromatic N) is 2. The van der Waals surface area contributed by atoms with Crippen molar-refractivity contribution in [1.82, 2.24) is 9.55 Å². The molecule has 94 valence electrons. The summed E-state index contributed by atoms with van der Waals surface area (Å²) in [6.07, 6.45) is 0. The van der Waals surface area contributed by atoms with E-state index in [9.17, 15) is 0 Å². The van der Waals surface area contributed by atoms with Crippen molar-refractivity contribution in [2.24, 2.45) is 0 Å². The topological polar surface area (TPSA) is 53.7 Å². The van der Waals surface area contributed by atoms with Gasteiger partial charge in [-0.1, -0.05) is 0 Å². The standard InChI is InChI=1S/C13H15N3OS/c1-13(2,8-17-3)16-11-6-9(7-14)4-5-10(11)15-12(16)18/h4-6H,8H2,1-3H3,(H,15,18). The minimum absolute atomic E-state index is 0.266. The summed E-state index contributed by atoms with van der Waals surface area (Å²) in [5.74, 6) is 0. The molecule has 1 aromatic heterocycles. The molecule has 1 heterocycles. The molecule has 2 rings (SSSR count). The summed E-state index contributed by atoms with van der Waals surface area (Å²) in [4.78, 5) is 3.16. The Hall–Kier alpha value is -1.64. The summed E-state index contributed by atoms with van der Waals surface area (Å²) in [7, 11) is 1.67. The lowest BCUT2D eigenvalue weighted by atomic mass is 10.1. The monoisotopic (exact) mass is 261 g/mol. The molecular formula is C13H15N3OS. The zero-order valence-electron chi connectivity index (χ0n) is 10.7. The van der Waals surface area contributed by atoms with Crippen molar-refractivity contribution >= 4 is 23.3 Å². The lowest BCUT2D eigenvalue weighted by Gasteiger charge is -2.26. The van der Waals surface area contributed by atoms with E-state index in [4.69, 9.17) is 22.2 Å². The van der Waals surface area contributed by atoms with Crippen LogP contribution in [0.5, 0.6) is 0 Å². The van der Waals surface area contributed by atoms with Crippen molar-refractivity contribution in [1.29, 1.82) is 5.26 Å². The highest BCUT2D eigenvalue weighted by Gasteiger charge is 2.23. The number of imidazole rings is 1. The highest BCUT2D eigenvalue weighted by atomic mass is 32.1. The highest BCUT2D eigenvalue weighted by Crippen LogP contribution is 2.24. The number of methoxy groups -OCH3 is 1. The quantitative estimate of drug-likeness (QED) is 0.864. The van der Waals surface area contributed by atoms with Crippen LogP contribution in [0.1, 0.15) is 19.4 Å². The number of nitrogens with one attached hydrogen (secondary N) is 1. The fourth-order valence-electron chi connectivity index (χ4n) is 2.19. The van der Waals surface area contributed by atoms with E-state index in [1.807, 2.05) is 16.7 Å². The zero-order chi connectivity index (χ0) is 13.3. The third kappa shape index (κ3) is 2.05. The smallest absolute Gasteiger partial charge is 0.178 e. The van der Waals surface area contributed by atoms with E-state index in [0.29, 0.717) is 16.9 Å². The number of aromatic amines is 1. The molecule has 4 nitrogen and oxygen atoms in total. The molecule has 0 aliphatic heterocycles. The number of H-pyrrole nitrogens is 1. The molecule has 0 spiro atoms. The van der Waals surface area contributed by atoms with E-state index < -0.39 is 0 Å². The zero-order valence-corrected chi connectivity index (χ0v) is 11.5.